The Bertz CT molecular complexity index is 876. The Hall–Kier alpha value is -2.06. The molecule has 0 unspecified atom stereocenters. The standard InChI is InChI=1S/C20H25FN2O3S2/c1-3-19(23(28(2,25)26)17-10-5-4-6-11-17)20(24)22-13-14-27-15-16-9-7-8-12-18(16)21/h4-12,19H,3,13-15H2,1-2H3,(H,22,24)/t19-/m0/s1. The van der Waals surface area contributed by atoms with Crippen molar-refractivity contribution < 1.29 is 17.6 Å². The summed E-state index contributed by atoms with van der Waals surface area (Å²) in [6.45, 7) is 2.15. The molecule has 5 nitrogen and oxygen atoms in total. The van der Waals surface area contributed by atoms with Gasteiger partial charge in [-0.15, -0.1) is 0 Å². The Labute approximate surface area is 170 Å². The molecule has 0 aliphatic heterocycles. The molecule has 28 heavy (non-hydrogen) atoms. The van der Waals surface area contributed by atoms with E-state index in [2.05, 4.69) is 5.32 Å². The number of benzene rings is 2. The summed E-state index contributed by atoms with van der Waals surface area (Å²) in [6, 6.07) is 14.4. The molecule has 2 aromatic carbocycles. The van der Waals surface area contributed by atoms with Gasteiger partial charge in [0.1, 0.15) is 11.9 Å². The summed E-state index contributed by atoms with van der Waals surface area (Å²) in [5.74, 6) is 0.528. The predicted octanol–water partition coefficient (Wildman–Crippen LogP) is 3.42. The maximum atomic E-state index is 13.6. The van der Waals surface area contributed by atoms with E-state index in [9.17, 15) is 17.6 Å². The molecule has 0 heterocycles. The third kappa shape index (κ3) is 6.24. The number of para-hydroxylation sites is 1. The highest BCUT2D eigenvalue weighted by Gasteiger charge is 2.31. The van der Waals surface area contributed by atoms with E-state index in [1.54, 1.807) is 55.5 Å². The van der Waals surface area contributed by atoms with E-state index in [0.717, 1.165) is 10.6 Å². The minimum atomic E-state index is -3.62. The molecule has 152 valence electrons. The van der Waals surface area contributed by atoms with E-state index in [4.69, 9.17) is 0 Å². The van der Waals surface area contributed by atoms with Gasteiger partial charge in [-0.2, -0.15) is 11.8 Å². The lowest BCUT2D eigenvalue weighted by Crippen LogP contribution is -2.49. The van der Waals surface area contributed by atoms with Crippen molar-refractivity contribution in [2.24, 2.45) is 0 Å². The summed E-state index contributed by atoms with van der Waals surface area (Å²) in [7, 11) is -3.62. The van der Waals surface area contributed by atoms with Gasteiger partial charge in [0.05, 0.1) is 11.9 Å². The van der Waals surface area contributed by atoms with E-state index in [1.165, 1.54) is 17.8 Å². The van der Waals surface area contributed by atoms with Crippen LogP contribution in [0.2, 0.25) is 0 Å². The first kappa shape index (κ1) is 22.2. The van der Waals surface area contributed by atoms with Gasteiger partial charge in [0.2, 0.25) is 15.9 Å². The number of amides is 1. The largest absolute Gasteiger partial charge is 0.353 e. The second-order valence-electron chi connectivity index (χ2n) is 6.25. The molecule has 0 aromatic heterocycles. The zero-order valence-corrected chi connectivity index (χ0v) is 17.6. The molecule has 0 bridgehead atoms. The first-order valence-corrected chi connectivity index (χ1v) is 12.0. The van der Waals surface area contributed by atoms with Gasteiger partial charge in [-0.1, -0.05) is 43.3 Å². The van der Waals surface area contributed by atoms with Crippen LogP contribution >= 0.6 is 11.8 Å². The van der Waals surface area contributed by atoms with Crippen molar-refractivity contribution >= 4 is 33.4 Å². The Morgan fingerprint density at radius 1 is 1.14 bits per heavy atom. The number of carbonyl (C=O) groups excluding carboxylic acids is 1. The van der Waals surface area contributed by atoms with Crippen molar-refractivity contribution in [1.82, 2.24) is 5.32 Å². The summed E-state index contributed by atoms with van der Waals surface area (Å²) >= 11 is 1.51. The fourth-order valence-corrected chi connectivity index (χ4v) is 4.85. The predicted molar refractivity (Wildman–Crippen MR) is 113 cm³/mol. The summed E-state index contributed by atoms with van der Waals surface area (Å²) in [5, 5.41) is 2.80. The molecule has 0 saturated carbocycles. The third-order valence-corrected chi connectivity index (χ3v) is 6.29. The monoisotopic (exact) mass is 424 g/mol. The van der Waals surface area contributed by atoms with Crippen LogP contribution in [-0.4, -0.2) is 38.9 Å². The van der Waals surface area contributed by atoms with Crippen LogP contribution in [0.4, 0.5) is 10.1 Å². The van der Waals surface area contributed by atoms with Gasteiger partial charge in [-0.05, 0) is 30.2 Å². The number of rotatable bonds is 10. The summed E-state index contributed by atoms with van der Waals surface area (Å²) in [5.41, 5.74) is 1.08. The van der Waals surface area contributed by atoms with E-state index in [-0.39, 0.29) is 11.7 Å². The van der Waals surface area contributed by atoms with Crippen LogP contribution in [0.15, 0.2) is 54.6 Å². The Kier molecular flexibility index (Phi) is 8.32. The van der Waals surface area contributed by atoms with Crippen LogP contribution in [0.5, 0.6) is 0 Å². The van der Waals surface area contributed by atoms with Gasteiger partial charge in [-0.25, -0.2) is 12.8 Å². The number of carbonyl (C=O) groups is 1. The zero-order valence-electron chi connectivity index (χ0n) is 16.0. The second-order valence-corrected chi connectivity index (χ2v) is 9.22. The molecular formula is C20H25FN2O3S2. The topological polar surface area (TPSA) is 66.5 Å². The average molecular weight is 425 g/mol. The highest BCUT2D eigenvalue weighted by atomic mass is 32.2. The number of anilines is 1. The second kappa shape index (κ2) is 10.5. The highest BCUT2D eigenvalue weighted by Crippen LogP contribution is 2.22. The van der Waals surface area contributed by atoms with Gasteiger partial charge < -0.3 is 5.32 Å². The lowest BCUT2D eigenvalue weighted by molar-refractivity contribution is -0.122. The van der Waals surface area contributed by atoms with E-state index in [1.807, 2.05) is 0 Å². The van der Waals surface area contributed by atoms with Crippen LogP contribution in [0.25, 0.3) is 0 Å². The molecular weight excluding hydrogens is 399 g/mol. The molecule has 1 N–H and O–H groups in total. The molecule has 0 saturated heterocycles. The lowest BCUT2D eigenvalue weighted by atomic mass is 10.2. The average Bonchev–Trinajstić information content (AvgIpc) is 2.66. The zero-order chi connectivity index (χ0) is 20.6. The van der Waals surface area contributed by atoms with Crippen LogP contribution in [0.1, 0.15) is 18.9 Å². The SMILES string of the molecule is CC[C@@H](C(=O)NCCSCc1ccccc1F)N(c1ccccc1)S(C)(=O)=O. The number of hydrogen-bond acceptors (Lipinski definition) is 4. The number of sulfonamides is 1. The van der Waals surface area contributed by atoms with E-state index in [0.29, 0.717) is 35.7 Å². The Morgan fingerprint density at radius 3 is 2.39 bits per heavy atom. The molecule has 0 fully saturated rings. The van der Waals surface area contributed by atoms with Crippen molar-refractivity contribution in [3.8, 4) is 0 Å². The fourth-order valence-electron chi connectivity index (χ4n) is 2.80. The summed E-state index contributed by atoms with van der Waals surface area (Å²) in [6.07, 6.45) is 1.44. The van der Waals surface area contributed by atoms with E-state index >= 15 is 0 Å². The first-order chi connectivity index (χ1) is 13.3. The van der Waals surface area contributed by atoms with Gasteiger partial charge in [-0.3, -0.25) is 9.10 Å². The van der Waals surface area contributed by atoms with Gasteiger partial charge >= 0.3 is 0 Å². The van der Waals surface area contributed by atoms with E-state index < -0.39 is 16.1 Å². The fraction of sp³-hybridized carbons (Fsp3) is 0.350. The number of hydrogen-bond donors (Lipinski definition) is 1. The maximum absolute atomic E-state index is 13.6. The molecule has 1 amide bonds. The molecule has 0 spiro atoms. The van der Waals surface area contributed by atoms with Crippen molar-refractivity contribution in [1.29, 1.82) is 0 Å². The van der Waals surface area contributed by atoms with Crippen molar-refractivity contribution in [2.75, 3.05) is 22.9 Å². The van der Waals surface area contributed by atoms with Crippen LogP contribution < -0.4 is 9.62 Å². The number of nitrogens with zero attached hydrogens (tertiary/aromatic N) is 1. The molecule has 0 radical (unpaired) electrons. The minimum absolute atomic E-state index is 0.239. The Morgan fingerprint density at radius 2 is 1.79 bits per heavy atom. The maximum Gasteiger partial charge on any atom is 0.243 e. The number of nitrogens with one attached hydrogen (secondary N) is 1. The van der Waals surface area contributed by atoms with Gasteiger partial charge in [0.25, 0.3) is 0 Å². The summed E-state index contributed by atoms with van der Waals surface area (Å²) in [4.78, 5) is 12.6. The normalized spacial score (nSPS) is 12.4. The smallest absolute Gasteiger partial charge is 0.243 e. The lowest BCUT2D eigenvalue weighted by Gasteiger charge is -2.30. The van der Waals surface area contributed by atoms with Crippen LogP contribution in [-0.2, 0) is 20.6 Å². The molecule has 2 rings (SSSR count). The van der Waals surface area contributed by atoms with Crippen LogP contribution in [0.3, 0.4) is 0 Å². The molecule has 8 heteroatoms. The number of thioether (sulfide) groups is 1. The molecule has 2 aromatic rings. The molecule has 0 aliphatic rings. The van der Waals surface area contributed by atoms with Gasteiger partial charge in [0.15, 0.2) is 0 Å². The van der Waals surface area contributed by atoms with Crippen molar-refractivity contribution in [3.63, 3.8) is 0 Å². The van der Waals surface area contributed by atoms with Gasteiger partial charge in [0, 0.05) is 18.1 Å². The quantitative estimate of drug-likeness (QED) is 0.594. The van der Waals surface area contributed by atoms with Crippen molar-refractivity contribution in [3.05, 3.63) is 66.0 Å². The summed E-state index contributed by atoms with van der Waals surface area (Å²) < 4.78 is 39.4. The first-order valence-electron chi connectivity index (χ1n) is 8.98. The highest BCUT2D eigenvalue weighted by molar-refractivity contribution is 7.98. The minimum Gasteiger partial charge on any atom is -0.353 e. The number of halogens is 1. The molecule has 1 atom stereocenters. The molecule has 0 aliphatic carbocycles. The third-order valence-electron chi connectivity index (χ3n) is 4.10. The Balaban J connectivity index is 1.94. The van der Waals surface area contributed by atoms with Crippen molar-refractivity contribution in [2.45, 2.75) is 25.1 Å². The van der Waals surface area contributed by atoms with Crippen LogP contribution in [0, 0.1) is 5.82 Å².